The second-order valence-electron chi connectivity index (χ2n) is 4.60. The molecule has 5 nitrogen and oxygen atoms in total. The normalized spacial score (nSPS) is 10.3. The van der Waals surface area contributed by atoms with Gasteiger partial charge in [-0.15, -0.1) is 0 Å². The van der Waals surface area contributed by atoms with E-state index in [1.54, 1.807) is 0 Å². The minimum Gasteiger partial charge on any atom is -0.326 e. The maximum absolute atomic E-state index is 13.2. The molecule has 2 aromatic rings. The van der Waals surface area contributed by atoms with Crippen molar-refractivity contribution in [3.05, 3.63) is 68.4 Å². The highest BCUT2D eigenvalue weighted by molar-refractivity contribution is 9.10. The van der Waals surface area contributed by atoms with E-state index in [0.717, 1.165) is 22.2 Å². The highest BCUT2D eigenvalue weighted by atomic mass is 79.9. The zero-order valence-corrected chi connectivity index (χ0v) is 13.0. The number of amides is 1. The summed E-state index contributed by atoms with van der Waals surface area (Å²) in [6.07, 6.45) is 0.760. The molecule has 22 heavy (non-hydrogen) atoms. The lowest BCUT2D eigenvalue weighted by Gasteiger charge is -2.06. The number of nitro benzene ring substituents is 1. The molecule has 0 fully saturated rings. The number of nitrogens with zero attached hydrogens (tertiary/aromatic N) is 1. The number of rotatable bonds is 5. The molecule has 0 heterocycles. The zero-order chi connectivity index (χ0) is 16.1. The van der Waals surface area contributed by atoms with Crippen LogP contribution in [0.15, 0.2) is 46.9 Å². The second kappa shape index (κ2) is 7.13. The Hall–Kier alpha value is -2.28. The van der Waals surface area contributed by atoms with Crippen LogP contribution in [0.1, 0.15) is 12.0 Å². The van der Waals surface area contributed by atoms with Crippen molar-refractivity contribution in [2.24, 2.45) is 0 Å². The fourth-order valence-electron chi connectivity index (χ4n) is 1.90. The van der Waals surface area contributed by atoms with E-state index in [9.17, 15) is 19.3 Å². The van der Waals surface area contributed by atoms with Gasteiger partial charge in [0.15, 0.2) is 0 Å². The topological polar surface area (TPSA) is 72.2 Å². The molecule has 0 atom stereocenters. The van der Waals surface area contributed by atoms with Gasteiger partial charge in [0.05, 0.1) is 4.92 Å². The maximum Gasteiger partial charge on any atom is 0.306 e. The average molecular weight is 367 g/mol. The predicted molar refractivity (Wildman–Crippen MR) is 84.1 cm³/mol. The first kappa shape index (κ1) is 16.1. The van der Waals surface area contributed by atoms with E-state index in [1.165, 1.54) is 6.07 Å². The molecule has 0 saturated carbocycles. The van der Waals surface area contributed by atoms with Gasteiger partial charge in [0.1, 0.15) is 0 Å². The fourth-order valence-corrected chi connectivity index (χ4v) is 2.35. The lowest BCUT2D eigenvalue weighted by molar-refractivity contribution is -0.387. The Labute approximate surface area is 134 Å². The maximum atomic E-state index is 13.2. The van der Waals surface area contributed by atoms with Crippen LogP contribution in [0.3, 0.4) is 0 Å². The van der Waals surface area contributed by atoms with Crippen LogP contribution in [-0.4, -0.2) is 10.8 Å². The Kier molecular flexibility index (Phi) is 5.21. The summed E-state index contributed by atoms with van der Waals surface area (Å²) in [4.78, 5) is 21.7. The molecule has 0 aliphatic carbocycles. The van der Waals surface area contributed by atoms with Gasteiger partial charge in [0.2, 0.25) is 11.7 Å². The molecule has 0 aromatic heterocycles. The van der Waals surface area contributed by atoms with Gasteiger partial charge in [-0.3, -0.25) is 14.9 Å². The SMILES string of the molecule is O=C(CCc1cccc(Br)c1)Nc1ccc(F)c([N+](=O)[O-])c1. The molecule has 2 aromatic carbocycles. The minimum atomic E-state index is -0.933. The summed E-state index contributed by atoms with van der Waals surface area (Å²) in [5.74, 6) is -1.22. The highest BCUT2D eigenvalue weighted by Crippen LogP contribution is 2.22. The molecular formula is C15H12BrFN2O3. The van der Waals surface area contributed by atoms with Gasteiger partial charge in [-0.1, -0.05) is 28.1 Å². The van der Waals surface area contributed by atoms with Crippen molar-refractivity contribution in [1.82, 2.24) is 0 Å². The Morgan fingerprint density at radius 3 is 2.73 bits per heavy atom. The number of benzene rings is 2. The van der Waals surface area contributed by atoms with Crippen molar-refractivity contribution in [3.8, 4) is 0 Å². The second-order valence-corrected chi connectivity index (χ2v) is 5.52. The molecule has 0 saturated heterocycles. The largest absolute Gasteiger partial charge is 0.326 e. The first-order valence-electron chi connectivity index (χ1n) is 6.44. The molecule has 7 heteroatoms. The van der Waals surface area contributed by atoms with Gasteiger partial charge in [-0.2, -0.15) is 4.39 Å². The van der Waals surface area contributed by atoms with E-state index >= 15 is 0 Å². The Morgan fingerprint density at radius 2 is 2.05 bits per heavy atom. The molecule has 0 unspecified atom stereocenters. The number of aryl methyl sites for hydroxylation is 1. The Morgan fingerprint density at radius 1 is 1.27 bits per heavy atom. The van der Waals surface area contributed by atoms with Crippen molar-refractivity contribution >= 4 is 33.2 Å². The molecule has 0 radical (unpaired) electrons. The number of hydrogen-bond acceptors (Lipinski definition) is 3. The van der Waals surface area contributed by atoms with Crippen molar-refractivity contribution in [1.29, 1.82) is 0 Å². The van der Waals surface area contributed by atoms with Crippen LogP contribution in [0.5, 0.6) is 0 Å². The van der Waals surface area contributed by atoms with E-state index in [1.807, 2.05) is 24.3 Å². The fraction of sp³-hybridized carbons (Fsp3) is 0.133. The summed E-state index contributed by atoms with van der Waals surface area (Å²) >= 11 is 3.35. The lowest BCUT2D eigenvalue weighted by Crippen LogP contribution is -2.12. The number of carbonyl (C=O) groups is 1. The summed E-state index contributed by atoms with van der Waals surface area (Å²) < 4.78 is 14.1. The van der Waals surface area contributed by atoms with Crippen molar-refractivity contribution in [2.45, 2.75) is 12.8 Å². The van der Waals surface area contributed by atoms with E-state index in [2.05, 4.69) is 21.2 Å². The molecular weight excluding hydrogens is 355 g/mol. The number of nitrogens with one attached hydrogen (secondary N) is 1. The van der Waals surface area contributed by atoms with Crippen LogP contribution in [0.2, 0.25) is 0 Å². The van der Waals surface area contributed by atoms with Crippen LogP contribution < -0.4 is 5.32 Å². The van der Waals surface area contributed by atoms with Crippen LogP contribution in [0.4, 0.5) is 15.8 Å². The minimum absolute atomic E-state index is 0.201. The number of hydrogen-bond donors (Lipinski definition) is 1. The van der Waals surface area contributed by atoms with Gasteiger partial charge in [-0.25, -0.2) is 0 Å². The molecule has 0 aliphatic rings. The quantitative estimate of drug-likeness (QED) is 0.640. The summed E-state index contributed by atoms with van der Waals surface area (Å²) in [6, 6.07) is 10.8. The summed E-state index contributed by atoms with van der Waals surface area (Å²) in [5, 5.41) is 13.2. The molecule has 1 N–H and O–H groups in total. The molecule has 114 valence electrons. The van der Waals surface area contributed by atoms with E-state index in [4.69, 9.17) is 0 Å². The standard InChI is InChI=1S/C15H12BrFN2O3/c16-11-3-1-2-10(8-11)4-7-15(20)18-12-5-6-13(17)14(9-12)19(21)22/h1-3,5-6,8-9H,4,7H2,(H,18,20). The third-order valence-electron chi connectivity index (χ3n) is 2.96. The van der Waals surface area contributed by atoms with Gasteiger partial charge in [0.25, 0.3) is 0 Å². The van der Waals surface area contributed by atoms with Crippen molar-refractivity contribution in [3.63, 3.8) is 0 Å². The van der Waals surface area contributed by atoms with Crippen LogP contribution in [0, 0.1) is 15.9 Å². The lowest BCUT2D eigenvalue weighted by atomic mass is 10.1. The van der Waals surface area contributed by atoms with E-state index in [-0.39, 0.29) is 18.0 Å². The zero-order valence-electron chi connectivity index (χ0n) is 11.4. The average Bonchev–Trinajstić information content (AvgIpc) is 2.47. The smallest absolute Gasteiger partial charge is 0.306 e. The van der Waals surface area contributed by atoms with E-state index in [0.29, 0.717) is 6.42 Å². The van der Waals surface area contributed by atoms with Crippen LogP contribution in [-0.2, 0) is 11.2 Å². The number of nitro groups is 1. The summed E-state index contributed by atoms with van der Waals surface area (Å²) in [5.41, 5.74) is 0.534. The number of anilines is 1. The summed E-state index contributed by atoms with van der Waals surface area (Å²) in [6.45, 7) is 0. The third kappa shape index (κ3) is 4.36. The molecule has 0 spiro atoms. The third-order valence-corrected chi connectivity index (χ3v) is 3.45. The molecule has 0 aliphatic heterocycles. The van der Waals surface area contributed by atoms with Crippen LogP contribution in [0.25, 0.3) is 0 Å². The first-order valence-corrected chi connectivity index (χ1v) is 7.23. The van der Waals surface area contributed by atoms with E-state index < -0.39 is 16.4 Å². The Balaban J connectivity index is 1.97. The Bertz CT molecular complexity index is 722. The first-order chi connectivity index (χ1) is 10.5. The molecule has 1 amide bonds. The van der Waals surface area contributed by atoms with Gasteiger partial charge < -0.3 is 5.32 Å². The molecule has 0 bridgehead atoms. The highest BCUT2D eigenvalue weighted by Gasteiger charge is 2.15. The van der Waals surface area contributed by atoms with Crippen molar-refractivity contribution in [2.75, 3.05) is 5.32 Å². The summed E-state index contributed by atoms with van der Waals surface area (Å²) in [7, 11) is 0. The van der Waals surface area contributed by atoms with Gasteiger partial charge >= 0.3 is 5.69 Å². The van der Waals surface area contributed by atoms with Gasteiger partial charge in [0, 0.05) is 22.6 Å². The van der Waals surface area contributed by atoms with Crippen LogP contribution >= 0.6 is 15.9 Å². The predicted octanol–water partition coefficient (Wildman–Crippen LogP) is 4.07. The molecule has 2 rings (SSSR count). The number of halogens is 2. The monoisotopic (exact) mass is 366 g/mol. The van der Waals surface area contributed by atoms with Gasteiger partial charge in [-0.05, 0) is 36.2 Å². The number of carbonyl (C=O) groups excluding carboxylic acids is 1. The van der Waals surface area contributed by atoms with Crippen molar-refractivity contribution < 1.29 is 14.1 Å².